The van der Waals surface area contributed by atoms with Crippen molar-refractivity contribution < 1.29 is 0 Å². The van der Waals surface area contributed by atoms with E-state index < -0.39 is 0 Å². The molecule has 156 valence electrons. The molecule has 2 heterocycles. The molecule has 1 fully saturated rings. The predicted octanol–water partition coefficient (Wildman–Crippen LogP) is 4.18. The summed E-state index contributed by atoms with van der Waals surface area (Å²) in [5.74, 6) is 0.777. The number of benzene rings is 1. The normalized spacial score (nSPS) is 16.8. The molecule has 0 radical (unpaired) electrons. The van der Waals surface area contributed by atoms with Gasteiger partial charge in [-0.05, 0) is 56.4 Å². The molecule has 1 aromatic carbocycles. The molecule has 28 heavy (non-hydrogen) atoms. The van der Waals surface area contributed by atoms with Gasteiger partial charge >= 0.3 is 0 Å². The number of fused-ring (bicyclic) bond motifs is 1. The molecule has 0 unspecified atom stereocenters. The minimum atomic E-state index is 0.473. The second-order valence-electron chi connectivity index (χ2n) is 8.46. The summed E-state index contributed by atoms with van der Waals surface area (Å²) in [5.41, 5.74) is 2.67. The lowest BCUT2D eigenvalue weighted by Crippen LogP contribution is -2.44. The number of likely N-dealkylation sites (tertiary alicyclic amines) is 1. The average molecular weight is 385 g/mol. The molecular formula is C24H40N4. The van der Waals surface area contributed by atoms with E-state index in [2.05, 4.69) is 64.8 Å². The first-order chi connectivity index (χ1) is 13.8. The molecule has 0 amide bonds. The van der Waals surface area contributed by atoms with Gasteiger partial charge in [-0.2, -0.15) is 0 Å². The zero-order valence-electron chi connectivity index (χ0n) is 18.0. The largest absolute Gasteiger partial charge is 0.361 e. The zero-order valence-corrected chi connectivity index (χ0v) is 18.0. The highest BCUT2D eigenvalue weighted by Crippen LogP contribution is 2.19. The van der Waals surface area contributed by atoms with E-state index in [0.29, 0.717) is 6.04 Å². The molecule has 3 rings (SSSR count). The SMILES string of the molecule is CCC(CC)CN[C@@H](CNCCN1CCCCC1)Cc1c[nH]c2ccccc12. The Kier molecular flexibility index (Phi) is 8.84. The van der Waals surface area contributed by atoms with Gasteiger partial charge in [0.05, 0.1) is 0 Å². The highest BCUT2D eigenvalue weighted by molar-refractivity contribution is 5.83. The molecular weight excluding hydrogens is 344 g/mol. The van der Waals surface area contributed by atoms with Gasteiger partial charge < -0.3 is 20.5 Å². The summed E-state index contributed by atoms with van der Waals surface area (Å²) >= 11 is 0. The van der Waals surface area contributed by atoms with Crippen molar-refractivity contribution in [1.29, 1.82) is 0 Å². The van der Waals surface area contributed by atoms with Crippen LogP contribution in [0, 0.1) is 5.92 Å². The summed E-state index contributed by atoms with van der Waals surface area (Å²) < 4.78 is 0. The Labute approximate surface area is 171 Å². The number of piperidine rings is 1. The summed E-state index contributed by atoms with van der Waals surface area (Å²) in [6, 6.07) is 9.13. The van der Waals surface area contributed by atoms with Crippen molar-refractivity contribution >= 4 is 10.9 Å². The summed E-state index contributed by atoms with van der Waals surface area (Å²) in [4.78, 5) is 6.05. The second-order valence-corrected chi connectivity index (χ2v) is 8.46. The molecule has 1 aromatic heterocycles. The molecule has 0 aliphatic carbocycles. The molecule has 4 nitrogen and oxygen atoms in total. The van der Waals surface area contributed by atoms with Crippen LogP contribution in [0.2, 0.25) is 0 Å². The Morgan fingerprint density at radius 3 is 2.61 bits per heavy atom. The highest BCUT2D eigenvalue weighted by Gasteiger charge is 2.15. The van der Waals surface area contributed by atoms with Crippen LogP contribution in [-0.4, -0.2) is 55.2 Å². The Balaban J connectivity index is 1.53. The number of rotatable bonds is 12. The smallest absolute Gasteiger partial charge is 0.0456 e. The van der Waals surface area contributed by atoms with Crippen LogP contribution in [0.3, 0.4) is 0 Å². The highest BCUT2D eigenvalue weighted by atomic mass is 15.1. The Bertz CT molecular complexity index is 670. The number of hydrogen-bond acceptors (Lipinski definition) is 3. The third-order valence-corrected chi connectivity index (χ3v) is 6.44. The van der Waals surface area contributed by atoms with Gasteiger partial charge in [0.2, 0.25) is 0 Å². The minimum Gasteiger partial charge on any atom is -0.361 e. The van der Waals surface area contributed by atoms with Crippen LogP contribution in [0.5, 0.6) is 0 Å². The number of hydrogen-bond donors (Lipinski definition) is 3. The quantitative estimate of drug-likeness (QED) is 0.481. The Morgan fingerprint density at radius 2 is 1.82 bits per heavy atom. The van der Waals surface area contributed by atoms with E-state index >= 15 is 0 Å². The maximum atomic E-state index is 3.87. The lowest BCUT2D eigenvalue weighted by atomic mass is 10.0. The Morgan fingerprint density at radius 1 is 1.04 bits per heavy atom. The third-order valence-electron chi connectivity index (χ3n) is 6.44. The molecule has 1 saturated heterocycles. The maximum absolute atomic E-state index is 3.87. The monoisotopic (exact) mass is 384 g/mol. The number of aromatic amines is 1. The molecule has 0 spiro atoms. The van der Waals surface area contributed by atoms with Crippen LogP contribution >= 0.6 is 0 Å². The first-order valence-electron chi connectivity index (χ1n) is 11.5. The van der Waals surface area contributed by atoms with Gasteiger partial charge in [-0.25, -0.2) is 0 Å². The van der Waals surface area contributed by atoms with E-state index in [1.807, 2.05) is 0 Å². The summed E-state index contributed by atoms with van der Waals surface area (Å²) in [7, 11) is 0. The van der Waals surface area contributed by atoms with Crippen LogP contribution in [0.15, 0.2) is 30.5 Å². The van der Waals surface area contributed by atoms with E-state index in [0.717, 1.165) is 32.0 Å². The van der Waals surface area contributed by atoms with Gasteiger partial charge in [-0.3, -0.25) is 0 Å². The number of nitrogens with one attached hydrogen (secondary N) is 3. The van der Waals surface area contributed by atoms with E-state index in [9.17, 15) is 0 Å². The second kappa shape index (κ2) is 11.6. The number of aromatic nitrogens is 1. The van der Waals surface area contributed by atoms with Gasteiger partial charge in [-0.1, -0.05) is 51.3 Å². The van der Waals surface area contributed by atoms with Gasteiger partial charge in [0.1, 0.15) is 0 Å². The lowest BCUT2D eigenvalue weighted by molar-refractivity contribution is 0.228. The summed E-state index contributed by atoms with van der Waals surface area (Å²) in [6.45, 7) is 11.6. The number of H-pyrrole nitrogens is 1. The molecule has 1 aliphatic heterocycles. The molecule has 2 aromatic rings. The molecule has 1 atom stereocenters. The van der Waals surface area contributed by atoms with Crippen molar-refractivity contribution in [2.45, 2.75) is 58.4 Å². The van der Waals surface area contributed by atoms with Crippen LogP contribution in [0.25, 0.3) is 10.9 Å². The van der Waals surface area contributed by atoms with E-state index in [1.54, 1.807) is 0 Å². The van der Waals surface area contributed by atoms with Gasteiger partial charge in [-0.15, -0.1) is 0 Å². The first-order valence-corrected chi connectivity index (χ1v) is 11.5. The Hall–Kier alpha value is -1.36. The zero-order chi connectivity index (χ0) is 19.6. The molecule has 3 N–H and O–H groups in total. The fourth-order valence-electron chi connectivity index (χ4n) is 4.39. The first kappa shape index (κ1) is 21.4. The van der Waals surface area contributed by atoms with Crippen molar-refractivity contribution in [2.75, 3.05) is 39.3 Å². The van der Waals surface area contributed by atoms with Crippen molar-refractivity contribution in [2.24, 2.45) is 5.92 Å². The van der Waals surface area contributed by atoms with Crippen LogP contribution in [-0.2, 0) is 6.42 Å². The lowest BCUT2D eigenvalue weighted by Gasteiger charge is -2.27. The fourth-order valence-corrected chi connectivity index (χ4v) is 4.39. The van der Waals surface area contributed by atoms with Gasteiger partial charge in [0.15, 0.2) is 0 Å². The minimum absolute atomic E-state index is 0.473. The van der Waals surface area contributed by atoms with Crippen LogP contribution < -0.4 is 10.6 Å². The molecule has 0 saturated carbocycles. The number of nitrogens with zero attached hydrogens (tertiary/aromatic N) is 1. The van der Waals surface area contributed by atoms with Gasteiger partial charge in [0.25, 0.3) is 0 Å². The molecule has 1 aliphatic rings. The molecule has 0 bridgehead atoms. The van der Waals surface area contributed by atoms with Crippen LogP contribution in [0.1, 0.15) is 51.5 Å². The van der Waals surface area contributed by atoms with Crippen LogP contribution in [0.4, 0.5) is 0 Å². The third kappa shape index (κ3) is 6.33. The van der Waals surface area contributed by atoms with Crippen molar-refractivity contribution in [1.82, 2.24) is 20.5 Å². The number of para-hydroxylation sites is 1. The standard InChI is InChI=1S/C24H40N4/c1-3-20(4-2)17-26-22(19-25-12-15-28-13-8-5-9-14-28)16-21-18-27-24-11-7-6-10-23(21)24/h6-7,10-11,18,20,22,25-27H,3-5,8-9,12-17,19H2,1-2H3/t22-/m1/s1. The maximum Gasteiger partial charge on any atom is 0.0456 e. The topological polar surface area (TPSA) is 43.1 Å². The average Bonchev–Trinajstić information content (AvgIpc) is 3.15. The van der Waals surface area contributed by atoms with Crippen molar-refractivity contribution in [3.05, 3.63) is 36.0 Å². The molecule has 4 heteroatoms. The van der Waals surface area contributed by atoms with Crippen molar-refractivity contribution in [3.63, 3.8) is 0 Å². The van der Waals surface area contributed by atoms with E-state index in [1.165, 1.54) is 68.2 Å². The van der Waals surface area contributed by atoms with Gasteiger partial charge in [0, 0.05) is 42.8 Å². The summed E-state index contributed by atoms with van der Waals surface area (Å²) in [6.07, 6.45) is 9.94. The fraction of sp³-hybridized carbons (Fsp3) is 0.667. The van der Waals surface area contributed by atoms with E-state index in [-0.39, 0.29) is 0 Å². The summed E-state index contributed by atoms with van der Waals surface area (Å²) in [5, 5.41) is 8.98. The predicted molar refractivity (Wildman–Crippen MR) is 121 cm³/mol. The van der Waals surface area contributed by atoms with Crippen molar-refractivity contribution in [3.8, 4) is 0 Å². The van der Waals surface area contributed by atoms with E-state index in [4.69, 9.17) is 0 Å².